The van der Waals surface area contributed by atoms with E-state index in [4.69, 9.17) is 14.6 Å². The predicted molar refractivity (Wildman–Crippen MR) is 220 cm³/mol. The zero-order chi connectivity index (χ0) is 40.7. The molecule has 0 spiro atoms. The van der Waals surface area contributed by atoms with Crippen molar-refractivity contribution in [1.82, 2.24) is 19.2 Å². The Morgan fingerprint density at radius 2 is 1.53 bits per heavy atom. The minimum absolute atomic E-state index is 0.000796. The number of amides is 2. The lowest BCUT2D eigenvalue weighted by Gasteiger charge is -2.50. The second kappa shape index (κ2) is 31.5. The molecule has 13 heteroatoms. The smallest absolute Gasteiger partial charge is 0.244 e. The number of rotatable bonds is 8. The topological polar surface area (TPSA) is 143 Å². The van der Waals surface area contributed by atoms with Crippen molar-refractivity contribution in [1.29, 1.82) is 0 Å². The maximum absolute atomic E-state index is 12.0. The van der Waals surface area contributed by atoms with Gasteiger partial charge in [-0.25, -0.2) is 8.42 Å². The molecule has 2 amide bonds. The Morgan fingerprint density at radius 3 is 1.80 bits per heavy atom. The summed E-state index contributed by atoms with van der Waals surface area (Å²) < 4.78 is 36.0. The van der Waals surface area contributed by atoms with Gasteiger partial charge < -0.3 is 19.7 Å². The molecule has 1 saturated carbocycles. The first kappa shape index (κ1) is 54.5. The lowest BCUT2D eigenvalue weighted by Crippen LogP contribution is -2.47. The van der Waals surface area contributed by atoms with Crippen molar-refractivity contribution in [3.8, 4) is 12.8 Å². The summed E-state index contributed by atoms with van der Waals surface area (Å²) in [5.74, 6) is 2.38. The number of nitrogens with one attached hydrogen (secondary N) is 2. The molecule has 2 saturated heterocycles. The maximum atomic E-state index is 12.0. The molecule has 296 valence electrons. The molecule has 0 radical (unpaired) electrons. The summed E-state index contributed by atoms with van der Waals surface area (Å²) in [5, 5.41) is 10.3. The Kier molecular flexibility index (Phi) is 33.6. The van der Waals surface area contributed by atoms with Gasteiger partial charge in [0.05, 0.1) is 18.4 Å². The summed E-state index contributed by atoms with van der Waals surface area (Å²) in [6.45, 7) is 34.2. The average molecular weight is 758 g/mol. The van der Waals surface area contributed by atoms with Crippen LogP contribution in [0.2, 0.25) is 0 Å². The molecular formula is C38H71N5O6S2. The first-order valence-electron chi connectivity index (χ1n) is 17.1. The molecule has 2 aliphatic heterocycles. The molecule has 4 N–H and O–H groups in total. The second-order valence-corrected chi connectivity index (χ2v) is 17.4. The molecule has 1 aromatic carbocycles. The molecule has 4 rings (SSSR count). The van der Waals surface area contributed by atoms with Crippen LogP contribution in [-0.4, -0.2) is 86.1 Å². The Balaban J connectivity index is -0.000000283. The van der Waals surface area contributed by atoms with Crippen LogP contribution in [0.5, 0.6) is 0 Å². The van der Waals surface area contributed by atoms with Crippen molar-refractivity contribution < 1.29 is 27.5 Å². The van der Waals surface area contributed by atoms with Crippen molar-refractivity contribution in [2.75, 3.05) is 39.2 Å². The fourth-order valence-electron chi connectivity index (χ4n) is 3.32. The van der Waals surface area contributed by atoms with Gasteiger partial charge in [0, 0.05) is 18.3 Å². The minimum atomic E-state index is -3.26. The minimum Gasteiger partial charge on any atom is -0.474 e. The number of benzene rings is 1. The van der Waals surface area contributed by atoms with Gasteiger partial charge in [-0.1, -0.05) is 77.6 Å². The molecule has 11 nitrogen and oxygen atoms in total. The van der Waals surface area contributed by atoms with E-state index in [9.17, 15) is 18.0 Å². The molecule has 2 unspecified atom stereocenters. The van der Waals surface area contributed by atoms with Gasteiger partial charge in [-0.3, -0.25) is 23.8 Å². The van der Waals surface area contributed by atoms with Crippen LogP contribution in [0, 0.1) is 18.8 Å². The Hall–Kier alpha value is -3.28. The van der Waals surface area contributed by atoms with Gasteiger partial charge in [0.25, 0.3) is 0 Å². The molecule has 51 heavy (non-hydrogen) atoms. The highest BCUT2D eigenvalue weighted by molar-refractivity contribution is 8.33. The number of carbonyl (C=O) groups excluding carboxylic acids is 2. The largest absolute Gasteiger partial charge is 0.474 e. The highest BCUT2D eigenvalue weighted by Gasteiger charge is 2.35. The average Bonchev–Trinajstić information content (AvgIpc) is 3.97. The maximum Gasteiger partial charge on any atom is 0.244 e. The number of nitrogens with two attached hydrogens (primary N) is 1. The van der Waals surface area contributed by atoms with Gasteiger partial charge in [-0.05, 0) is 71.9 Å². The number of sulfonamides is 1. The molecule has 0 aromatic heterocycles. The van der Waals surface area contributed by atoms with Crippen LogP contribution < -0.4 is 15.2 Å². The Morgan fingerprint density at radius 1 is 1.08 bits per heavy atom. The fourth-order valence-corrected chi connectivity index (χ4v) is 5.79. The number of hydrogen-bond donors (Lipinski definition) is 3. The molecular weight excluding hydrogens is 687 g/mol. The van der Waals surface area contributed by atoms with E-state index in [1.54, 1.807) is 9.62 Å². The summed E-state index contributed by atoms with van der Waals surface area (Å²) in [5.41, 5.74) is -0.311. The van der Waals surface area contributed by atoms with Crippen molar-refractivity contribution in [2.45, 2.75) is 98.5 Å². The van der Waals surface area contributed by atoms with Gasteiger partial charge in [-0.15, -0.1) is 36.4 Å². The summed E-state index contributed by atoms with van der Waals surface area (Å²) in [4.78, 5) is 23.4. The van der Waals surface area contributed by atoms with E-state index in [2.05, 4.69) is 69.6 Å². The summed E-state index contributed by atoms with van der Waals surface area (Å²) in [7, 11) is -2.17. The third-order valence-electron chi connectivity index (χ3n) is 6.07. The summed E-state index contributed by atoms with van der Waals surface area (Å²) in [6.07, 6.45) is 10.4. The quantitative estimate of drug-likeness (QED) is 0.113. The molecule has 0 bridgehead atoms. The van der Waals surface area contributed by atoms with Crippen LogP contribution in [0.25, 0.3) is 0 Å². The molecule has 2 atom stereocenters. The van der Waals surface area contributed by atoms with Crippen LogP contribution >= 0.6 is 10.4 Å². The molecule has 1 aromatic rings. The van der Waals surface area contributed by atoms with Gasteiger partial charge >= 0.3 is 0 Å². The SMILES string of the molecule is C#C.C=C.C=C(NCC(=O)N1COCCC1C)OC(C)(C)C.C=CS1(N)CCN1C.CC.CC(C)C.O=CNS(=O)(=O)C1CC1.c1ccccc1. The van der Waals surface area contributed by atoms with Crippen molar-refractivity contribution in [3.05, 3.63) is 74.0 Å². The van der Waals surface area contributed by atoms with E-state index in [1.165, 1.54) is 0 Å². The monoisotopic (exact) mass is 757 g/mol. The standard InChI is InChI=1S/C13H24N2O3.C6H6.C5H12N2S.C4H7NO3S.C4H10.C2H6.C2H4.C2H2/c1-10-6-7-17-9-15(10)12(16)8-14-11(2)18-13(3,4)5;1-2-4-6-5-3-1;1-3-8(6)5-4-7(8)2;6-3-5-9(7,8)4-1-2-4;1-4(2)3;3*1-2/h10,14H,2,6-9H2,1,3-5H3;1-6H;3H,1,4-6H2,2H3;3-4H,1-2H2,(H,5,6);4H,1-3H3;1-2H3;1-2H2;1-2H. The Bertz CT molecular complexity index is 1140. The summed E-state index contributed by atoms with van der Waals surface area (Å²) in [6, 6.07) is 12.2. The van der Waals surface area contributed by atoms with E-state index >= 15 is 0 Å². The second-order valence-electron chi connectivity index (χ2n) is 12.4. The third-order valence-corrected chi connectivity index (χ3v) is 10.6. The highest BCUT2D eigenvalue weighted by Crippen LogP contribution is 2.50. The lowest BCUT2D eigenvalue weighted by molar-refractivity contribution is -0.144. The van der Waals surface area contributed by atoms with Gasteiger partial charge in [0.1, 0.15) is 12.3 Å². The Labute approximate surface area is 314 Å². The first-order valence-corrected chi connectivity index (χ1v) is 20.5. The summed E-state index contributed by atoms with van der Waals surface area (Å²) >= 11 is 0. The predicted octanol–water partition coefficient (Wildman–Crippen LogP) is 6.78. The molecule has 3 fully saturated rings. The molecule has 2 heterocycles. The number of ether oxygens (including phenoxy) is 2. The number of carbonyl (C=O) groups is 2. The third kappa shape index (κ3) is 30.1. The van der Waals surface area contributed by atoms with Gasteiger partial charge in [-0.2, -0.15) is 0 Å². The van der Waals surface area contributed by atoms with Crippen molar-refractivity contribution >= 4 is 32.7 Å². The number of terminal acetylenes is 1. The van der Waals surface area contributed by atoms with E-state index in [0.29, 0.717) is 25.5 Å². The van der Waals surface area contributed by atoms with E-state index < -0.39 is 20.4 Å². The van der Waals surface area contributed by atoms with Crippen LogP contribution in [-0.2, 0) is 29.1 Å². The van der Waals surface area contributed by atoms with Crippen molar-refractivity contribution in [3.63, 3.8) is 0 Å². The first-order chi connectivity index (χ1) is 23.9. The van der Waals surface area contributed by atoms with Crippen LogP contribution in [0.1, 0.15) is 81.6 Å². The van der Waals surface area contributed by atoms with Crippen LogP contribution in [0.4, 0.5) is 0 Å². The van der Waals surface area contributed by atoms with Gasteiger partial charge in [0.15, 0.2) is 5.88 Å². The van der Waals surface area contributed by atoms with E-state index in [-0.39, 0.29) is 35.8 Å². The molecule has 3 aliphatic rings. The van der Waals surface area contributed by atoms with E-state index in [0.717, 1.165) is 31.2 Å². The van der Waals surface area contributed by atoms with Crippen molar-refractivity contribution in [2.24, 2.45) is 11.1 Å². The zero-order valence-corrected chi connectivity index (χ0v) is 34.9. The van der Waals surface area contributed by atoms with Crippen LogP contribution in [0.3, 0.4) is 0 Å². The molecule has 1 aliphatic carbocycles. The number of hydrogen-bond acceptors (Lipinski definition) is 9. The normalized spacial score (nSPS) is 19.8. The van der Waals surface area contributed by atoms with Gasteiger partial charge in [0.2, 0.25) is 22.3 Å². The number of nitrogens with zero attached hydrogens (tertiary/aromatic N) is 2. The van der Waals surface area contributed by atoms with Crippen LogP contribution in [0.15, 0.2) is 74.0 Å². The fraction of sp³-hybridized carbons (Fsp3) is 0.579. The lowest BCUT2D eigenvalue weighted by atomic mass is 10.2. The zero-order valence-electron chi connectivity index (χ0n) is 33.2. The highest BCUT2D eigenvalue weighted by atomic mass is 32.3. The van der Waals surface area contributed by atoms with E-state index in [1.807, 2.05) is 90.4 Å².